The van der Waals surface area contributed by atoms with Gasteiger partial charge in [-0.1, -0.05) is 55.1 Å². The van der Waals surface area contributed by atoms with Crippen molar-refractivity contribution in [2.24, 2.45) is 0 Å². The number of aryl methyl sites for hydroxylation is 3. The van der Waals surface area contributed by atoms with Gasteiger partial charge >= 0.3 is 0 Å². The molecule has 1 aliphatic carbocycles. The highest BCUT2D eigenvalue weighted by molar-refractivity contribution is 6.32. The van der Waals surface area contributed by atoms with E-state index in [9.17, 15) is 9.59 Å². The Hall–Kier alpha value is -2.53. The highest BCUT2D eigenvalue weighted by Gasteiger charge is 2.28. The van der Waals surface area contributed by atoms with Gasteiger partial charge in [0, 0.05) is 17.6 Å². The molecule has 3 rings (SSSR count). The minimum atomic E-state index is -0.601. The summed E-state index contributed by atoms with van der Waals surface area (Å²) in [5.74, 6) is 0.259. The molecule has 33 heavy (non-hydrogen) atoms. The van der Waals surface area contributed by atoms with Crippen LogP contribution in [0.3, 0.4) is 0 Å². The van der Waals surface area contributed by atoms with Crippen LogP contribution < -0.4 is 10.1 Å². The number of halogens is 1. The first-order valence-corrected chi connectivity index (χ1v) is 12.2. The van der Waals surface area contributed by atoms with E-state index >= 15 is 0 Å². The first kappa shape index (κ1) is 25.1. The van der Waals surface area contributed by atoms with Gasteiger partial charge in [-0.15, -0.1) is 0 Å². The largest absolute Gasteiger partial charge is 0.484 e. The monoisotopic (exact) mass is 470 g/mol. The van der Waals surface area contributed by atoms with Crippen molar-refractivity contribution >= 4 is 23.4 Å². The summed E-state index contributed by atoms with van der Waals surface area (Å²) in [7, 11) is 0. The number of carbonyl (C=O) groups is 2. The molecule has 2 aromatic carbocycles. The highest BCUT2D eigenvalue weighted by atomic mass is 35.5. The first-order valence-electron chi connectivity index (χ1n) is 11.8. The van der Waals surface area contributed by atoms with E-state index in [-0.39, 0.29) is 24.5 Å². The maximum absolute atomic E-state index is 13.3. The van der Waals surface area contributed by atoms with E-state index in [2.05, 4.69) is 5.32 Å². The van der Waals surface area contributed by atoms with Gasteiger partial charge < -0.3 is 15.0 Å². The Bertz CT molecular complexity index is 962. The van der Waals surface area contributed by atoms with Crippen LogP contribution in [0.4, 0.5) is 0 Å². The predicted octanol–water partition coefficient (Wildman–Crippen LogP) is 5.51. The van der Waals surface area contributed by atoms with Gasteiger partial charge in [0.2, 0.25) is 5.91 Å². The average Bonchev–Trinajstić information content (AvgIpc) is 2.80. The second kappa shape index (κ2) is 11.6. The first-order chi connectivity index (χ1) is 15.8. The molecule has 1 N–H and O–H groups in total. The molecule has 0 aromatic heterocycles. The maximum Gasteiger partial charge on any atom is 0.261 e. The topological polar surface area (TPSA) is 58.6 Å². The Morgan fingerprint density at radius 1 is 1.06 bits per heavy atom. The fraction of sp³-hybridized carbons (Fsp3) is 0.481. The molecule has 2 amide bonds. The molecule has 0 spiro atoms. The number of rotatable bonds is 8. The molecule has 6 heteroatoms. The predicted molar refractivity (Wildman–Crippen MR) is 133 cm³/mol. The van der Waals surface area contributed by atoms with Crippen molar-refractivity contribution in [1.82, 2.24) is 10.2 Å². The summed E-state index contributed by atoms with van der Waals surface area (Å²) in [6.45, 7) is 7.84. The quantitative estimate of drug-likeness (QED) is 0.553. The molecule has 0 saturated heterocycles. The Labute approximate surface area is 202 Å². The van der Waals surface area contributed by atoms with Gasteiger partial charge in [-0.2, -0.15) is 0 Å². The summed E-state index contributed by atoms with van der Waals surface area (Å²) in [5, 5.41) is 3.86. The lowest BCUT2D eigenvalue weighted by atomic mass is 9.95. The molecule has 0 aliphatic heterocycles. The fourth-order valence-electron chi connectivity index (χ4n) is 4.34. The highest BCUT2D eigenvalue weighted by Crippen LogP contribution is 2.26. The third-order valence-corrected chi connectivity index (χ3v) is 7.09. The minimum Gasteiger partial charge on any atom is -0.484 e. The van der Waals surface area contributed by atoms with Crippen molar-refractivity contribution < 1.29 is 14.3 Å². The number of nitrogens with one attached hydrogen (secondary N) is 1. The van der Waals surface area contributed by atoms with Crippen LogP contribution in [0.25, 0.3) is 0 Å². The van der Waals surface area contributed by atoms with Crippen LogP contribution in [0.15, 0.2) is 36.4 Å². The minimum absolute atomic E-state index is 0.109. The Balaban J connectivity index is 1.74. The van der Waals surface area contributed by atoms with Gasteiger partial charge in [-0.3, -0.25) is 9.59 Å². The molecule has 0 radical (unpaired) electrons. The molecule has 1 fully saturated rings. The number of hydrogen-bond acceptors (Lipinski definition) is 3. The van der Waals surface area contributed by atoms with Crippen molar-refractivity contribution in [3.05, 3.63) is 63.7 Å². The molecule has 2 aromatic rings. The van der Waals surface area contributed by atoms with E-state index in [1.165, 1.54) is 6.42 Å². The lowest BCUT2D eigenvalue weighted by Gasteiger charge is -2.31. The van der Waals surface area contributed by atoms with Crippen molar-refractivity contribution in [2.45, 2.75) is 78.4 Å². The molecule has 1 atom stereocenters. The van der Waals surface area contributed by atoms with Crippen LogP contribution in [0.5, 0.6) is 5.75 Å². The molecular weight excluding hydrogens is 436 g/mol. The van der Waals surface area contributed by atoms with Gasteiger partial charge in [0.15, 0.2) is 6.61 Å². The third-order valence-electron chi connectivity index (χ3n) is 6.49. The Morgan fingerprint density at radius 2 is 1.70 bits per heavy atom. The SMILES string of the molecule is Cc1ccccc1CN(C(=O)COc1cc(C)c(Cl)c(C)c1)[C@H](C)C(=O)NC1CCCCC1. The number of ether oxygens (including phenoxy) is 1. The summed E-state index contributed by atoms with van der Waals surface area (Å²) in [6, 6.07) is 11.2. The maximum atomic E-state index is 13.3. The van der Waals surface area contributed by atoms with Crippen LogP contribution in [-0.2, 0) is 16.1 Å². The zero-order valence-corrected chi connectivity index (χ0v) is 20.9. The lowest BCUT2D eigenvalue weighted by molar-refractivity contribution is -0.142. The van der Waals surface area contributed by atoms with Gasteiger partial charge in [0.25, 0.3) is 5.91 Å². The van der Waals surface area contributed by atoms with Gasteiger partial charge in [0.05, 0.1) is 0 Å². The second-order valence-electron chi connectivity index (χ2n) is 9.13. The molecule has 0 unspecified atom stereocenters. The second-order valence-corrected chi connectivity index (χ2v) is 9.51. The molecular formula is C27H35ClN2O3. The molecule has 0 bridgehead atoms. The van der Waals surface area contributed by atoms with E-state index in [1.54, 1.807) is 11.8 Å². The van der Waals surface area contributed by atoms with Gasteiger partial charge in [-0.05, 0) is 74.9 Å². The summed E-state index contributed by atoms with van der Waals surface area (Å²) in [4.78, 5) is 28.0. The normalized spacial score (nSPS) is 15.1. The van der Waals surface area contributed by atoms with Crippen LogP contribution in [0.2, 0.25) is 5.02 Å². The molecule has 5 nitrogen and oxygen atoms in total. The van der Waals surface area contributed by atoms with Crippen LogP contribution in [-0.4, -0.2) is 35.4 Å². The average molecular weight is 471 g/mol. The van der Waals surface area contributed by atoms with Gasteiger partial charge in [-0.25, -0.2) is 0 Å². The zero-order chi connectivity index (χ0) is 24.0. The van der Waals surface area contributed by atoms with Crippen molar-refractivity contribution in [1.29, 1.82) is 0 Å². The van der Waals surface area contributed by atoms with E-state index in [0.29, 0.717) is 17.3 Å². The molecule has 178 valence electrons. The van der Waals surface area contributed by atoms with Crippen LogP contribution in [0, 0.1) is 20.8 Å². The summed E-state index contributed by atoms with van der Waals surface area (Å²) in [5.41, 5.74) is 3.90. The van der Waals surface area contributed by atoms with E-state index in [0.717, 1.165) is 47.9 Å². The number of amides is 2. The Kier molecular flexibility index (Phi) is 8.79. The molecule has 1 saturated carbocycles. The fourth-order valence-corrected chi connectivity index (χ4v) is 4.45. The summed E-state index contributed by atoms with van der Waals surface area (Å²) in [6.07, 6.45) is 5.50. The number of nitrogens with zero attached hydrogens (tertiary/aromatic N) is 1. The van der Waals surface area contributed by atoms with Gasteiger partial charge in [0.1, 0.15) is 11.8 Å². The van der Waals surface area contributed by atoms with Crippen molar-refractivity contribution in [2.75, 3.05) is 6.61 Å². The van der Waals surface area contributed by atoms with Crippen LogP contribution >= 0.6 is 11.6 Å². The number of carbonyl (C=O) groups excluding carboxylic acids is 2. The molecule has 0 heterocycles. The summed E-state index contributed by atoms with van der Waals surface area (Å²) < 4.78 is 5.83. The smallest absolute Gasteiger partial charge is 0.261 e. The van der Waals surface area contributed by atoms with E-state index in [4.69, 9.17) is 16.3 Å². The van der Waals surface area contributed by atoms with E-state index < -0.39 is 6.04 Å². The third kappa shape index (κ3) is 6.73. The van der Waals surface area contributed by atoms with E-state index in [1.807, 2.05) is 57.2 Å². The molecule has 1 aliphatic rings. The van der Waals surface area contributed by atoms with Crippen molar-refractivity contribution in [3.8, 4) is 5.75 Å². The van der Waals surface area contributed by atoms with Crippen LogP contribution in [0.1, 0.15) is 61.3 Å². The summed E-state index contributed by atoms with van der Waals surface area (Å²) >= 11 is 6.25. The standard InChI is InChI=1S/C27H35ClN2O3/c1-18-10-8-9-11-22(18)16-30(21(4)27(32)29-23-12-6-5-7-13-23)25(31)17-33-24-14-19(2)26(28)20(3)15-24/h8-11,14-15,21,23H,5-7,12-13,16-17H2,1-4H3,(H,29,32)/t21-/m1/s1. The van der Waals surface area contributed by atoms with Crippen molar-refractivity contribution in [3.63, 3.8) is 0 Å². The zero-order valence-electron chi connectivity index (χ0n) is 20.1. The number of benzene rings is 2. The number of hydrogen-bond donors (Lipinski definition) is 1. The Morgan fingerprint density at radius 3 is 2.33 bits per heavy atom. The lowest BCUT2D eigenvalue weighted by Crippen LogP contribution is -2.51.